The first-order valence-corrected chi connectivity index (χ1v) is 12.8. The lowest BCUT2D eigenvalue weighted by molar-refractivity contribution is -0.127. The molecule has 5 rings (SSSR count). The van der Waals surface area contributed by atoms with Crippen molar-refractivity contribution in [2.24, 2.45) is 0 Å². The van der Waals surface area contributed by atoms with Gasteiger partial charge in [0.15, 0.2) is 0 Å². The van der Waals surface area contributed by atoms with Crippen LogP contribution in [0.15, 0.2) is 49.2 Å². The second-order valence-electron chi connectivity index (χ2n) is 9.01. The number of aromatic nitrogens is 1. The van der Waals surface area contributed by atoms with Gasteiger partial charge in [-0.05, 0) is 56.4 Å². The molecule has 1 saturated carbocycles. The van der Waals surface area contributed by atoms with Crippen LogP contribution in [-0.2, 0) is 4.79 Å². The van der Waals surface area contributed by atoms with Gasteiger partial charge in [0.25, 0.3) is 5.91 Å². The maximum absolute atomic E-state index is 13.1. The van der Waals surface area contributed by atoms with Crippen molar-refractivity contribution in [2.45, 2.75) is 44.2 Å². The number of hydrogen-bond donors (Lipinski definition) is 3. The topological polar surface area (TPSA) is 110 Å². The molecule has 1 atom stereocenters. The summed E-state index contributed by atoms with van der Waals surface area (Å²) in [6.45, 7) is 4.69. The fourth-order valence-electron chi connectivity index (χ4n) is 4.48. The SMILES string of the molecule is C=CC(=O)N1CCCC(NC(=O)c2sc3nccc(Nc4cccc(OC5CCC5)c4)c3c2N)C1. The van der Waals surface area contributed by atoms with Crippen LogP contribution in [0.1, 0.15) is 41.8 Å². The van der Waals surface area contributed by atoms with E-state index in [4.69, 9.17) is 10.5 Å². The summed E-state index contributed by atoms with van der Waals surface area (Å²) in [6, 6.07) is 9.58. The number of anilines is 3. The Hall–Kier alpha value is -3.59. The summed E-state index contributed by atoms with van der Waals surface area (Å²) >= 11 is 1.27. The fourth-order valence-corrected chi connectivity index (χ4v) is 5.47. The number of piperidine rings is 1. The van der Waals surface area contributed by atoms with Crippen molar-refractivity contribution in [1.29, 1.82) is 0 Å². The van der Waals surface area contributed by atoms with Gasteiger partial charge in [-0.15, -0.1) is 11.3 Å². The monoisotopic (exact) mass is 491 g/mol. The fraction of sp³-hybridized carbons (Fsp3) is 0.346. The summed E-state index contributed by atoms with van der Waals surface area (Å²) in [6.07, 6.45) is 8.37. The maximum Gasteiger partial charge on any atom is 0.263 e. The molecule has 35 heavy (non-hydrogen) atoms. The Morgan fingerprint density at radius 3 is 2.86 bits per heavy atom. The second kappa shape index (κ2) is 9.95. The molecule has 1 aliphatic carbocycles. The van der Waals surface area contributed by atoms with Crippen molar-refractivity contribution in [3.63, 3.8) is 0 Å². The van der Waals surface area contributed by atoms with E-state index < -0.39 is 0 Å². The first kappa shape index (κ1) is 23.2. The lowest BCUT2D eigenvalue weighted by atomic mass is 9.96. The summed E-state index contributed by atoms with van der Waals surface area (Å²) in [7, 11) is 0. The van der Waals surface area contributed by atoms with Crippen molar-refractivity contribution in [2.75, 3.05) is 24.1 Å². The molecule has 0 radical (unpaired) electrons. The summed E-state index contributed by atoms with van der Waals surface area (Å²) in [5.41, 5.74) is 8.54. The van der Waals surface area contributed by atoms with E-state index in [-0.39, 0.29) is 17.9 Å². The molecule has 8 nitrogen and oxygen atoms in total. The van der Waals surface area contributed by atoms with Gasteiger partial charge < -0.3 is 26.0 Å². The van der Waals surface area contributed by atoms with E-state index in [0.717, 1.165) is 48.2 Å². The number of ether oxygens (including phenoxy) is 1. The molecule has 2 fully saturated rings. The molecule has 2 aliphatic rings. The maximum atomic E-state index is 13.1. The number of hydrogen-bond acceptors (Lipinski definition) is 7. The highest BCUT2D eigenvalue weighted by molar-refractivity contribution is 7.21. The van der Waals surface area contributed by atoms with E-state index in [1.54, 1.807) is 11.1 Å². The first-order valence-electron chi connectivity index (χ1n) is 11.9. The van der Waals surface area contributed by atoms with Crippen molar-refractivity contribution < 1.29 is 14.3 Å². The number of thiophene rings is 1. The summed E-state index contributed by atoms with van der Waals surface area (Å²) in [4.78, 5) is 32.4. The molecule has 1 aromatic carbocycles. The summed E-state index contributed by atoms with van der Waals surface area (Å²) in [5, 5.41) is 7.19. The lowest BCUT2D eigenvalue weighted by Gasteiger charge is -2.32. The minimum atomic E-state index is -0.245. The Kier molecular flexibility index (Phi) is 6.59. The Morgan fingerprint density at radius 1 is 1.23 bits per heavy atom. The van der Waals surface area contributed by atoms with Crippen LogP contribution in [0.5, 0.6) is 5.75 Å². The van der Waals surface area contributed by atoms with Gasteiger partial charge in [-0.1, -0.05) is 12.6 Å². The quantitative estimate of drug-likeness (QED) is 0.421. The minimum Gasteiger partial charge on any atom is -0.490 e. The highest BCUT2D eigenvalue weighted by Crippen LogP contribution is 2.38. The average molecular weight is 492 g/mol. The van der Waals surface area contributed by atoms with E-state index in [0.29, 0.717) is 34.6 Å². The van der Waals surface area contributed by atoms with Crippen molar-refractivity contribution >= 4 is 50.4 Å². The molecule has 1 saturated heterocycles. The minimum absolute atomic E-state index is 0.118. The van der Waals surface area contributed by atoms with Crippen LogP contribution < -0.4 is 21.1 Å². The largest absolute Gasteiger partial charge is 0.490 e. The Morgan fingerprint density at radius 2 is 2.09 bits per heavy atom. The number of pyridine rings is 1. The van der Waals surface area contributed by atoms with Gasteiger partial charge >= 0.3 is 0 Å². The number of nitrogen functional groups attached to an aromatic ring is 1. The number of likely N-dealkylation sites (tertiary alicyclic amines) is 1. The molecule has 0 spiro atoms. The summed E-state index contributed by atoms with van der Waals surface area (Å²) in [5.74, 6) is 0.470. The third-order valence-electron chi connectivity index (χ3n) is 6.55. The predicted octanol–water partition coefficient (Wildman–Crippen LogP) is 4.46. The molecule has 1 aliphatic heterocycles. The average Bonchev–Trinajstić information content (AvgIpc) is 3.19. The van der Waals surface area contributed by atoms with E-state index in [1.165, 1.54) is 23.8 Å². The number of fused-ring (bicyclic) bond motifs is 1. The first-order chi connectivity index (χ1) is 17.0. The molecule has 0 bridgehead atoms. The molecule has 182 valence electrons. The number of nitrogens with one attached hydrogen (secondary N) is 2. The molecular formula is C26H29N5O3S. The number of nitrogens with zero attached hydrogens (tertiary/aromatic N) is 2. The molecule has 4 N–H and O–H groups in total. The normalized spacial score (nSPS) is 18.1. The van der Waals surface area contributed by atoms with Gasteiger partial charge in [0.05, 0.1) is 22.9 Å². The van der Waals surface area contributed by atoms with Gasteiger partial charge in [0.1, 0.15) is 15.5 Å². The van der Waals surface area contributed by atoms with Crippen LogP contribution in [0.4, 0.5) is 17.1 Å². The van der Waals surface area contributed by atoms with Crippen LogP contribution in [0.3, 0.4) is 0 Å². The highest BCUT2D eigenvalue weighted by Gasteiger charge is 2.26. The van der Waals surface area contributed by atoms with Gasteiger partial charge in [-0.2, -0.15) is 0 Å². The molecule has 1 unspecified atom stereocenters. The number of nitrogens with two attached hydrogens (primary N) is 1. The number of rotatable bonds is 7. The molecule has 2 amide bonds. The zero-order valence-corrected chi connectivity index (χ0v) is 20.3. The van der Waals surface area contributed by atoms with E-state index in [1.807, 2.05) is 30.3 Å². The van der Waals surface area contributed by atoms with Crippen molar-refractivity contribution in [3.8, 4) is 5.75 Å². The number of carbonyl (C=O) groups excluding carboxylic acids is 2. The Bertz CT molecular complexity index is 1270. The van der Waals surface area contributed by atoms with E-state index in [9.17, 15) is 9.59 Å². The zero-order chi connectivity index (χ0) is 24.4. The van der Waals surface area contributed by atoms with E-state index >= 15 is 0 Å². The molecule has 3 heterocycles. The molecule has 9 heteroatoms. The third kappa shape index (κ3) is 4.95. The Labute approximate surface area is 208 Å². The highest BCUT2D eigenvalue weighted by atomic mass is 32.1. The van der Waals surface area contributed by atoms with Crippen molar-refractivity contribution in [3.05, 3.63) is 54.1 Å². The number of carbonyl (C=O) groups is 2. The molecule has 3 aromatic rings. The van der Waals surface area contributed by atoms with Crippen LogP contribution in [0.2, 0.25) is 0 Å². The number of benzene rings is 1. The standard InChI is InChI=1S/C26H29N5O3S/c1-2-21(32)31-13-5-7-17(15-31)30-25(33)24-23(27)22-20(11-12-28-26(22)35-24)29-16-6-3-10-19(14-16)34-18-8-4-9-18/h2-3,6,10-12,14,17-18H,1,4-5,7-9,13,15,27H2,(H,28,29)(H,30,33). The van der Waals surface area contributed by atoms with Crippen LogP contribution in [0.25, 0.3) is 10.2 Å². The van der Waals surface area contributed by atoms with Gasteiger partial charge in [0, 0.05) is 37.1 Å². The van der Waals surface area contributed by atoms with Crippen LogP contribution in [-0.4, -0.2) is 46.9 Å². The third-order valence-corrected chi connectivity index (χ3v) is 7.66. The molecular weight excluding hydrogens is 462 g/mol. The van der Waals surface area contributed by atoms with Gasteiger partial charge in [-0.25, -0.2) is 4.98 Å². The Balaban J connectivity index is 1.34. The van der Waals surface area contributed by atoms with Crippen molar-refractivity contribution in [1.82, 2.24) is 15.2 Å². The van der Waals surface area contributed by atoms with Crippen LogP contribution >= 0.6 is 11.3 Å². The molecule has 2 aromatic heterocycles. The second-order valence-corrected chi connectivity index (χ2v) is 10.0. The van der Waals surface area contributed by atoms with E-state index in [2.05, 4.69) is 22.2 Å². The summed E-state index contributed by atoms with van der Waals surface area (Å²) < 4.78 is 6.02. The lowest BCUT2D eigenvalue weighted by Crippen LogP contribution is -2.49. The van der Waals surface area contributed by atoms with Gasteiger partial charge in [0.2, 0.25) is 5.91 Å². The number of amides is 2. The zero-order valence-electron chi connectivity index (χ0n) is 19.5. The van der Waals surface area contributed by atoms with Crippen LogP contribution in [0, 0.1) is 0 Å². The predicted molar refractivity (Wildman–Crippen MR) is 139 cm³/mol. The smallest absolute Gasteiger partial charge is 0.263 e. The van der Waals surface area contributed by atoms with Gasteiger partial charge in [-0.3, -0.25) is 9.59 Å².